The first-order valence-electron chi connectivity index (χ1n) is 9.26. The molecule has 26 heavy (non-hydrogen) atoms. The van der Waals surface area contributed by atoms with Crippen molar-refractivity contribution >= 4 is 12.0 Å². The fourth-order valence-corrected chi connectivity index (χ4v) is 3.62. The number of carbonyl (C=O) groups excluding carboxylic acids is 1. The largest absolute Gasteiger partial charge is 0.493 e. The number of rotatable bonds is 4. The van der Waals surface area contributed by atoms with E-state index in [-0.39, 0.29) is 11.9 Å². The van der Waals surface area contributed by atoms with Gasteiger partial charge in [0, 0.05) is 37.4 Å². The van der Waals surface area contributed by atoms with Gasteiger partial charge in [-0.05, 0) is 35.8 Å². The molecule has 2 aromatic rings. The summed E-state index contributed by atoms with van der Waals surface area (Å²) >= 11 is 0. The highest BCUT2D eigenvalue weighted by atomic mass is 16.5. The number of benzene rings is 1. The Morgan fingerprint density at radius 3 is 3.08 bits per heavy atom. The number of hydrogen-bond acceptors (Lipinski definition) is 4. The average Bonchev–Trinajstić information content (AvgIpc) is 3.25. The van der Waals surface area contributed by atoms with E-state index in [0.717, 1.165) is 55.4 Å². The molecule has 1 N–H and O–H groups in total. The van der Waals surface area contributed by atoms with Gasteiger partial charge < -0.3 is 14.6 Å². The summed E-state index contributed by atoms with van der Waals surface area (Å²) in [5.41, 5.74) is 2.23. The van der Waals surface area contributed by atoms with Gasteiger partial charge in [-0.2, -0.15) is 0 Å². The quantitative estimate of drug-likeness (QED) is 0.859. The van der Waals surface area contributed by atoms with Gasteiger partial charge in [-0.1, -0.05) is 19.9 Å². The molecule has 1 unspecified atom stereocenters. The van der Waals surface area contributed by atoms with E-state index in [1.54, 1.807) is 6.08 Å². The van der Waals surface area contributed by atoms with E-state index in [1.807, 2.05) is 18.2 Å². The van der Waals surface area contributed by atoms with E-state index < -0.39 is 0 Å². The Morgan fingerprint density at radius 1 is 1.35 bits per heavy atom. The molecule has 0 spiro atoms. The molecule has 0 saturated heterocycles. The lowest BCUT2D eigenvalue weighted by Crippen LogP contribution is -2.40. The Labute approximate surface area is 153 Å². The number of nitrogens with one attached hydrogen (secondary N) is 1. The summed E-state index contributed by atoms with van der Waals surface area (Å²) in [4.78, 5) is 12.3. The SMILES string of the molecule is CC(C)c1nnc2n1CC(NC(=O)/C=C/c1ccc3c(c1)CCO3)CC2. The highest BCUT2D eigenvalue weighted by Crippen LogP contribution is 2.26. The number of aryl methyl sites for hydroxylation is 1. The highest BCUT2D eigenvalue weighted by molar-refractivity contribution is 5.92. The number of amides is 1. The maximum Gasteiger partial charge on any atom is 0.244 e. The number of carbonyl (C=O) groups is 1. The van der Waals surface area contributed by atoms with Crippen LogP contribution in [0.1, 0.15) is 49.0 Å². The van der Waals surface area contributed by atoms with Crippen LogP contribution in [0, 0.1) is 0 Å². The second-order valence-corrected chi connectivity index (χ2v) is 7.28. The van der Waals surface area contributed by atoms with E-state index in [4.69, 9.17) is 4.74 Å². The zero-order valence-electron chi connectivity index (χ0n) is 15.2. The van der Waals surface area contributed by atoms with Gasteiger partial charge in [-0.25, -0.2) is 0 Å². The molecule has 0 fully saturated rings. The van der Waals surface area contributed by atoms with E-state index in [1.165, 1.54) is 5.56 Å². The van der Waals surface area contributed by atoms with Crippen LogP contribution in [0.25, 0.3) is 6.08 Å². The Balaban J connectivity index is 1.38. The van der Waals surface area contributed by atoms with Gasteiger partial charge in [0.15, 0.2) is 0 Å². The van der Waals surface area contributed by atoms with Crippen molar-refractivity contribution in [2.45, 2.75) is 51.6 Å². The van der Waals surface area contributed by atoms with Crippen molar-refractivity contribution in [2.75, 3.05) is 6.61 Å². The van der Waals surface area contributed by atoms with Gasteiger partial charge in [0.1, 0.15) is 17.4 Å². The molecule has 0 aliphatic carbocycles. The minimum atomic E-state index is -0.0608. The van der Waals surface area contributed by atoms with Crippen molar-refractivity contribution in [3.8, 4) is 5.75 Å². The Morgan fingerprint density at radius 2 is 2.23 bits per heavy atom. The molecule has 1 amide bonds. The number of ether oxygens (including phenoxy) is 1. The van der Waals surface area contributed by atoms with Gasteiger partial charge >= 0.3 is 0 Å². The molecule has 0 saturated carbocycles. The van der Waals surface area contributed by atoms with Gasteiger partial charge in [0.25, 0.3) is 0 Å². The molecule has 136 valence electrons. The van der Waals surface area contributed by atoms with Crippen LogP contribution in [-0.4, -0.2) is 33.3 Å². The third-order valence-electron chi connectivity index (χ3n) is 4.98. The molecule has 1 aromatic heterocycles. The lowest BCUT2D eigenvalue weighted by molar-refractivity contribution is -0.117. The van der Waals surface area contributed by atoms with Gasteiger partial charge in [0.2, 0.25) is 5.91 Å². The van der Waals surface area contributed by atoms with Gasteiger partial charge in [0.05, 0.1) is 6.61 Å². The summed E-state index contributed by atoms with van der Waals surface area (Å²) in [6.45, 7) is 5.72. The smallest absolute Gasteiger partial charge is 0.244 e. The zero-order chi connectivity index (χ0) is 18.1. The highest BCUT2D eigenvalue weighted by Gasteiger charge is 2.24. The monoisotopic (exact) mass is 352 g/mol. The first-order valence-corrected chi connectivity index (χ1v) is 9.26. The van der Waals surface area contributed by atoms with Crippen LogP contribution in [0.15, 0.2) is 24.3 Å². The Bertz CT molecular complexity index is 853. The first kappa shape index (κ1) is 16.8. The molecule has 6 heteroatoms. The van der Waals surface area contributed by atoms with Crippen LogP contribution in [-0.2, 0) is 24.2 Å². The summed E-state index contributed by atoms with van der Waals surface area (Å²) in [5.74, 6) is 3.24. The van der Waals surface area contributed by atoms with Crippen LogP contribution < -0.4 is 10.1 Å². The number of aromatic nitrogens is 3. The predicted molar refractivity (Wildman–Crippen MR) is 99.0 cm³/mol. The second-order valence-electron chi connectivity index (χ2n) is 7.28. The summed E-state index contributed by atoms with van der Waals surface area (Å²) in [6.07, 6.45) is 6.15. The molecule has 4 rings (SSSR count). The third-order valence-corrected chi connectivity index (χ3v) is 4.98. The molecule has 0 radical (unpaired) electrons. The normalized spacial score (nSPS) is 18.7. The van der Waals surface area contributed by atoms with Crippen LogP contribution in [0.2, 0.25) is 0 Å². The van der Waals surface area contributed by atoms with Gasteiger partial charge in [-0.15, -0.1) is 10.2 Å². The molecule has 1 aromatic carbocycles. The number of nitrogens with zero attached hydrogens (tertiary/aromatic N) is 3. The number of hydrogen-bond donors (Lipinski definition) is 1. The van der Waals surface area contributed by atoms with E-state index in [9.17, 15) is 4.79 Å². The lowest BCUT2D eigenvalue weighted by atomic mass is 10.1. The van der Waals surface area contributed by atoms with Crippen molar-refractivity contribution in [1.29, 1.82) is 0 Å². The van der Waals surface area contributed by atoms with E-state index in [2.05, 4.69) is 40.0 Å². The minimum Gasteiger partial charge on any atom is -0.493 e. The predicted octanol–water partition coefficient (Wildman–Crippen LogP) is 2.48. The second kappa shape index (κ2) is 6.94. The lowest BCUT2D eigenvalue weighted by Gasteiger charge is -2.25. The summed E-state index contributed by atoms with van der Waals surface area (Å²) in [7, 11) is 0. The maximum absolute atomic E-state index is 12.3. The molecule has 1 atom stereocenters. The number of fused-ring (bicyclic) bond motifs is 2. The molecule has 6 nitrogen and oxygen atoms in total. The summed E-state index contributed by atoms with van der Waals surface area (Å²) in [5, 5.41) is 11.7. The van der Waals surface area contributed by atoms with Crippen LogP contribution in [0.3, 0.4) is 0 Å². The Hall–Kier alpha value is -2.63. The van der Waals surface area contributed by atoms with Crippen molar-refractivity contribution in [1.82, 2.24) is 20.1 Å². The molecule has 2 aliphatic heterocycles. The standard InChI is InChI=1S/C20H24N4O2/c1-13(2)20-23-22-18-7-5-16(12-24(18)20)21-19(25)8-4-14-3-6-17-15(11-14)9-10-26-17/h3-4,6,8,11,13,16H,5,7,9-10,12H2,1-2H3,(H,21,25)/b8-4+. The summed E-state index contributed by atoms with van der Waals surface area (Å²) in [6, 6.07) is 6.15. The zero-order valence-corrected chi connectivity index (χ0v) is 15.2. The average molecular weight is 352 g/mol. The maximum atomic E-state index is 12.3. The van der Waals surface area contributed by atoms with E-state index in [0.29, 0.717) is 5.92 Å². The van der Waals surface area contributed by atoms with Crippen molar-refractivity contribution < 1.29 is 9.53 Å². The van der Waals surface area contributed by atoms with Crippen molar-refractivity contribution in [3.05, 3.63) is 47.1 Å². The fourth-order valence-electron chi connectivity index (χ4n) is 3.62. The van der Waals surface area contributed by atoms with Crippen molar-refractivity contribution in [3.63, 3.8) is 0 Å². The fraction of sp³-hybridized carbons (Fsp3) is 0.450. The topological polar surface area (TPSA) is 69.0 Å². The Kier molecular flexibility index (Phi) is 4.49. The molecular weight excluding hydrogens is 328 g/mol. The van der Waals surface area contributed by atoms with E-state index >= 15 is 0 Å². The molecule has 3 heterocycles. The van der Waals surface area contributed by atoms with Crippen LogP contribution >= 0.6 is 0 Å². The van der Waals surface area contributed by atoms with Crippen molar-refractivity contribution in [2.24, 2.45) is 0 Å². The first-order chi connectivity index (χ1) is 12.6. The van der Waals surface area contributed by atoms with Crippen LogP contribution in [0.4, 0.5) is 0 Å². The molecule has 0 bridgehead atoms. The third kappa shape index (κ3) is 3.36. The molecule has 2 aliphatic rings. The van der Waals surface area contributed by atoms with Crippen LogP contribution in [0.5, 0.6) is 5.75 Å². The summed E-state index contributed by atoms with van der Waals surface area (Å²) < 4.78 is 7.67. The van der Waals surface area contributed by atoms with Gasteiger partial charge in [-0.3, -0.25) is 4.79 Å². The molecular formula is C20H24N4O2. The minimum absolute atomic E-state index is 0.0608.